The minimum atomic E-state index is 0.498. The van der Waals surface area contributed by atoms with Gasteiger partial charge >= 0.3 is 0 Å². The van der Waals surface area contributed by atoms with Crippen LogP contribution in [0.4, 0.5) is 0 Å². The maximum Gasteiger partial charge on any atom is 0.0628 e. The number of hydrogen-bond donors (Lipinski definition) is 0. The van der Waals surface area contributed by atoms with Gasteiger partial charge in [0.15, 0.2) is 0 Å². The minimum Gasteiger partial charge on any atom is -0.378 e. The van der Waals surface area contributed by atoms with E-state index in [9.17, 15) is 0 Å². The van der Waals surface area contributed by atoms with Crippen LogP contribution in [0.1, 0.15) is 26.7 Å². The van der Waals surface area contributed by atoms with Crippen LogP contribution in [0.3, 0.4) is 0 Å². The second kappa shape index (κ2) is 5.01. The Morgan fingerprint density at radius 1 is 1.40 bits per heavy atom. The molecule has 0 amide bonds. The van der Waals surface area contributed by atoms with Gasteiger partial charge in [-0.1, -0.05) is 25.7 Å². The van der Waals surface area contributed by atoms with Gasteiger partial charge < -0.3 is 4.74 Å². The number of likely N-dealkylation sites (tertiary alicyclic amines) is 1. The van der Waals surface area contributed by atoms with Crippen LogP contribution < -0.4 is 0 Å². The van der Waals surface area contributed by atoms with Crippen LogP contribution in [0.15, 0.2) is 0 Å². The molecule has 2 heteroatoms. The van der Waals surface area contributed by atoms with Gasteiger partial charge in [0.2, 0.25) is 0 Å². The first-order valence-corrected chi connectivity index (χ1v) is 6.08. The molecule has 0 aromatic carbocycles. The molecule has 15 heavy (non-hydrogen) atoms. The number of ether oxygens (including phenoxy) is 1. The van der Waals surface area contributed by atoms with Crippen molar-refractivity contribution in [1.29, 1.82) is 0 Å². The fourth-order valence-electron chi connectivity index (χ4n) is 2.46. The van der Waals surface area contributed by atoms with Gasteiger partial charge in [-0.2, -0.15) is 0 Å². The summed E-state index contributed by atoms with van der Waals surface area (Å²) in [4.78, 5) is 2.48. The van der Waals surface area contributed by atoms with Crippen molar-refractivity contribution in [2.75, 3.05) is 26.2 Å². The lowest BCUT2D eigenvalue weighted by atomic mass is 9.94. The second-order valence-electron chi connectivity index (χ2n) is 4.96. The molecule has 0 aliphatic carbocycles. The zero-order valence-corrected chi connectivity index (χ0v) is 9.83. The van der Waals surface area contributed by atoms with Gasteiger partial charge in [0.25, 0.3) is 0 Å². The normalized spacial score (nSPS) is 31.1. The average molecular weight is 207 g/mol. The summed E-state index contributed by atoms with van der Waals surface area (Å²) in [5, 5.41) is 0. The van der Waals surface area contributed by atoms with Gasteiger partial charge in [0.1, 0.15) is 0 Å². The molecule has 2 heterocycles. The Balaban J connectivity index is 1.78. The molecule has 0 radical (unpaired) electrons. The van der Waals surface area contributed by atoms with Crippen molar-refractivity contribution in [1.82, 2.24) is 4.90 Å². The zero-order chi connectivity index (χ0) is 10.7. The van der Waals surface area contributed by atoms with Crippen molar-refractivity contribution in [3.05, 3.63) is 0 Å². The van der Waals surface area contributed by atoms with E-state index in [4.69, 9.17) is 4.74 Å². The van der Waals surface area contributed by atoms with Crippen LogP contribution in [-0.2, 0) is 4.74 Å². The first-order valence-electron chi connectivity index (χ1n) is 6.08. The molecule has 2 rings (SSSR count). The molecule has 84 valence electrons. The first kappa shape index (κ1) is 11.0. The van der Waals surface area contributed by atoms with E-state index in [2.05, 4.69) is 30.6 Å². The Labute approximate surface area is 93.0 Å². The zero-order valence-electron chi connectivity index (χ0n) is 9.83. The van der Waals surface area contributed by atoms with Gasteiger partial charge in [0.05, 0.1) is 12.6 Å². The van der Waals surface area contributed by atoms with Gasteiger partial charge in [-0.25, -0.2) is 0 Å². The molecule has 2 nitrogen and oxygen atoms in total. The van der Waals surface area contributed by atoms with Crippen molar-refractivity contribution in [2.45, 2.75) is 32.8 Å². The molecular formula is C13H21NO. The predicted octanol–water partition coefficient (Wildman–Crippen LogP) is 1.76. The third kappa shape index (κ3) is 2.96. The Morgan fingerprint density at radius 2 is 2.27 bits per heavy atom. The smallest absolute Gasteiger partial charge is 0.0628 e. The molecule has 2 unspecified atom stereocenters. The lowest BCUT2D eigenvalue weighted by Crippen LogP contribution is -2.41. The van der Waals surface area contributed by atoms with Crippen molar-refractivity contribution in [2.24, 2.45) is 11.8 Å². The molecule has 2 aliphatic rings. The maximum atomic E-state index is 5.69. The number of rotatable bonds is 1. The Kier molecular flexibility index (Phi) is 3.66. The summed E-state index contributed by atoms with van der Waals surface area (Å²) in [5.74, 6) is 7.77. The molecule has 0 aromatic rings. The molecule has 0 bridgehead atoms. The van der Waals surface area contributed by atoms with E-state index < -0.39 is 0 Å². The first-order chi connectivity index (χ1) is 7.25. The summed E-state index contributed by atoms with van der Waals surface area (Å²) in [6, 6.07) is 0. The Morgan fingerprint density at radius 3 is 3.07 bits per heavy atom. The highest BCUT2D eigenvalue weighted by Gasteiger charge is 2.33. The van der Waals surface area contributed by atoms with Gasteiger partial charge in [-0.15, -0.1) is 0 Å². The molecule has 0 saturated carbocycles. The number of hydrogen-bond acceptors (Lipinski definition) is 2. The van der Waals surface area contributed by atoms with Gasteiger partial charge in [-0.05, 0) is 12.8 Å². The summed E-state index contributed by atoms with van der Waals surface area (Å²) in [5.41, 5.74) is 0. The topological polar surface area (TPSA) is 12.5 Å². The molecule has 2 saturated heterocycles. The van der Waals surface area contributed by atoms with Crippen molar-refractivity contribution < 1.29 is 4.74 Å². The Bertz CT molecular complexity index is 263. The Hall–Kier alpha value is -0.520. The van der Waals surface area contributed by atoms with Crippen LogP contribution in [0.5, 0.6) is 0 Å². The van der Waals surface area contributed by atoms with E-state index in [0.29, 0.717) is 12.0 Å². The summed E-state index contributed by atoms with van der Waals surface area (Å²) in [6.45, 7) is 8.56. The minimum absolute atomic E-state index is 0.498. The lowest BCUT2D eigenvalue weighted by molar-refractivity contribution is 0.0392. The fourth-order valence-corrected chi connectivity index (χ4v) is 2.46. The van der Waals surface area contributed by atoms with E-state index in [1.165, 1.54) is 19.4 Å². The predicted molar refractivity (Wildman–Crippen MR) is 61.5 cm³/mol. The second-order valence-corrected chi connectivity index (χ2v) is 4.96. The highest BCUT2D eigenvalue weighted by molar-refractivity contribution is 5.04. The van der Waals surface area contributed by atoms with Gasteiger partial charge in [0, 0.05) is 31.5 Å². The van der Waals surface area contributed by atoms with Crippen LogP contribution >= 0.6 is 0 Å². The van der Waals surface area contributed by atoms with Gasteiger partial charge in [-0.3, -0.25) is 4.90 Å². The highest BCUT2D eigenvalue weighted by Crippen LogP contribution is 2.28. The molecule has 2 fully saturated rings. The number of piperidine rings is 1. The molecule has 0 N–H and O–H groups in total. The largest absolute Gasteiger partial charge is 0.378 e. The van der Waals surface area contributed by atoms with E-state index in [-0.39, 0.29) is 0 Å². The third-order valence-corrected chi connectivity index (χ3v) is 3.26. The molecular weight excluding hydrogens is 186 g/mol. The van der Waals surface area contributed by atoms with E-state index in [0.717, 1.165) is 25.6 Å². The number of nitrogens with zero attached hydrogens (tertiary/aromatic N) is 1. The molecule has 2 aliphatic heterocycles. The molecule has 0 aromatic heterocycles. The summed E-state index contributed by atoms with van der Waals surface area (Å²) < 4.78 is 5.69. The van der Waals surface area contributed by atoms with E-state index in [1.54, 1.807) is 0 Å². The van der Waals surface area contributed by atoms with Crippen LogP contribution in [-0.4, -0.2) is 37.2 Å². The number of fused-ring (bicyclic) bond motifs is 1. The van der Waals surface area contributed by atoms with Crippen LogP contribution in [0, 0.1) is 23.7 Å². The van der Waals surface area contributed by atoms with Crippen LogP contribution in [0.25, 0.3) is 0 Å². The van der Waals surface area contributed by atoms with Crippen molar-refractivity contribution >= 4 is 0 Å². The summed E-state index contributed by atoms with van der Waals surface area (Å²) >= 11 is 0. The fraction of sp³-hybridized carbons (Fsp3) is 0.846. The average Bonchev–Trinajstić information content (AvgIpc) is 2.64. The van der Waals surface area contributed by atoms with Crippen LogP contribution in [0.2, 0.25) is 0 Å². The summed E-state index contributed by atoms with van der Waals surface area (Å²) in [6.07, 6.45) is 3.01. The quantitative estimate of drug-likeness (QED) is 0.607. The van der Waals surface area contributed by atoms with Crippen molar-refractivity contribution in [3.8, 4) is 11.8 Å². The SMILES string of the molecule is CC(C)C#CCN1CCC2OCCC2C1. The molecule has 2 atom stereocenters. The maximum absolute atomic E-state index is 5.69. The standard InChI is InChI=1S/C13H21NO/c1-11(2)4-3-7-14-8-5-13-12(10-14)6-9-15-13/h11-13H,5-10H2,1-2H3. The molecule has 0 spiro atoms. The highest BCUT2D eigenvalue weighted by atomic mass is 16.5. The van der Waals surface area contributed by atoms with E-state index >= 15 is 0 Å². The van der Waals surface area contributed by atoms with Crippen molar-refractivity contribution in [3.63, 3.8) is 0 Å². The lowest BCUT2D eigenvalue weighted by Gasteiger charge is -2.32. The third-order valence-electron chi connectivity index (χ3n) is 3.26. The van der Waals surface area contributed by atoms with E-state index in [1.807, 2.05) is 0 Å². The summed E-state index contributed by atoms with van der Waals surface area (Å²) in [7, 11) is 0. The monoisotopic (exact) mass is 207 g/mol.